The van der Waals surface area contributed by atoms with Crippen LogP contribution in [-0.2, 0) is 0 Å². The van der Waals surface area contributed by atoms with E-state index < -0.39 is 5.82 Å². The number of carbonyl (C=O) groups is 1. The Hall–Kier alpha value is -1.86. The Morgan fingerprint density at radius 2 is 2.26 bits per heavy atom. The van der Waals surface area contributed by atoms with Crippen molar-refractivity contribution in [1.82, 2.24) is 5.32 Å². The predicted octanol–water partition coefficient (Wildman–Crippen LogP) is 1.70. The fourth-order valence-electron chi connectivity index (χ4n) is 1.68. The van der Waals surface area contributed by atoms with Gasteiger partial charge in [-0.2, -0.15) is 0 Å². The third kappa shape index (κ3) is 4.08. The number of nitrogens with one attached hydrogen (secondary N) is 1. The molecule has 1 amide bonds. The lowest BCUT2D eigenvalue weighted by Gasteiger charge is -2.06. The van der Waals surface area contributed by atoms with Gasteiger partial charge in [-0.3, -0.25) is 4.79 Å². The molecule has 2 rings (SSSR count). The first kappa shape index (κ1) is 13.6. The summed E-state index contributed by atoms with van der Waals surface area (Å²) in [6.07, 6.45) is 2.62. The normalized spacial score (nSPS) is 13.6. The molecule has 0 aromatic heterocycles. The van der Waals surface area contributed by atoms with Crippen LogP contribution in [0.25, 0.3) is 0 Å². The molecule has 1 aromatic rings. The largest absolute Gasteiger partial charge is 0.395 e. The summed E-state index contributed by atoms with van der Waals surface area (Å²) >= 11 is 0. The van der Waals surface area contributed by atoms with E-state index in [1.54, 1.807) is 0 Å². The molecule has 19 heavy (non-hydrogen) atoms. The molecule has 0 saturated heterocycles. The minimum atomic E-state index is -0.454. The van der Waals surface area contributed by atoms with Gasteiger partial charge in [0, 0.05) is 18.5 Å². The van der Waals surface area contributed by atoms with Crippen LogP contribution in [0.3, 0.4) is 0 Å². The second kappa shape index (κ2) is 6.35. The molecular formula is C15H16FNO2. The van der Waals surface area contributed by atoms with Crippen molar-refractivity contribution >= 4 is 5.91 Å². The van der Waals surface area contributed by atoms with Crippen LogP contribution in [0.4, 0.5) is 4.39 Å². The van der Waals surface area contributed by atoms with Crippen LogP contribution in [0.1, 0.15) is 35.2 Å². The fourth-order valence-corrected chi connectivity index (χ4v) is 1.68. The zero-order valence-corrected chi connectivity index (χ0v) is 10.6. The third-order valence-corrected chi connectivity index (χ3v) is 2.93. The Kier molecular flexibility index (Phi) is 4.53. The molecular weight excluding hydrogens is 245 g/mol. The van der Waals surface area contributed by atoms with Crippen molar-refractivity contribution in [1.29, 1.82) is 0 Å². The van der Waals surface area contributed by atoms with E-state index in [2.05, 4.69) is 17.2 Å². The highest BCUT2D eigenvalue weighted by Gasteiger charge is 2.22. The Morgan fingerprint density at radius 1 is 1.47 bits per heavy atom. The van der Waals surface area contributed by atoms with Gasteiger partial charge in [0.05, 0.1) is 12.2 Å². The highest BCUT2D eigenvalue weighted by molar-refractivity contribution is 5.96. The number of aliphatic hydroxyl groups excluding tert-OH is 1. The highest BCUT2D eigenvalue weighted by Crippen LogP contribution is 2.27. The van der Waals surface area contributed by atoms with Gasteiger partial charge in [-0.05, 0) is 37.0 Å². The van der Waals surface area contributed by atoms with E-state index in [0.717, 1.165) is 12.8 Å². The first-order chi connectivity index (χ1) is 9.20. The summed E-state index contributed by atoms with van der Waals surface area (Å²) in [5.74, 6) is 5.35. The first-order valence-electron chi connectivity index (χ1n) is 6.38. The average Bonchev–Trinajstić information content (AvgIpc) is 3.22. The molecule has 1 aromatic carbocycles. The van der Waals surface area contributed by atoms with Crippen LogP contribution in [0.5, 0.6) is 0 Å². The molecule has 100 valence electrons. The Balaban J connectivity index is 2.13. The highest BCUT2D eigenvalue weighted by atomic mass is 19.1. The molecule has 1 saturated carbocycles. The lowest BCUT2D eigenvalue weighted by molar-refractivity contribution is 0.0951. The monoisotopic (exact) mass is 261 g/mol. The zero-order valence-electron chi connectivity index (χ0n) is 10.6. The van der Waals surface area contributed by atoms with E-state index in [1.807, 2.05) is 0 Å². The molecule has 3 nitrogen and oxygen atoms in total. The average molecular weight is 261 g/mol. The molecule has 0 atom stereocenters. The van der Waals surface area contributed by atoms with Crippen molar-refractivity contribution in [3.63, 3.8) is 0 Å². The maximum atomic E-state index is 13.2. The summed E-state index contributed by atoms with van der Waals surface area (Å²) < 4.78 is 13.2. The van der Waals surface area contributed by atoms with Crippen molar-refractivity contribution in [2.75, 3.05) is 13.2 Å². The molecule has 4 heteroatoms. The fraction of sp³-hybridized carbons (Fsp3) is 0.400. The minimum Gasteiger partial charge on any atom is -0.395 e. The van der Waals surface area contributed by atoms with Crippen LogP contribution < -0.4 is 5.32 Å². The summed E-state index contributed by atoms with van der Waals surface area (Å²) in [5, 5.41) is 11.5. The number of hydrogen-bond acceptors (Lipinski definition) is 2. The molecule has 0 unspecified atom stereocenters. The van der Waals surface area contributed by atoms with Gasteiger partial charge in [0.15, 0.2) is 0 Å². The molecule has 2 N–H and O–H groups in total. The van der Waals surface area contributed by atoms with Crippen molar-refractivity contribution in [2.45, 2.75) is 19.3 Å². The Labute approximate surface area is 111 Å². The number of carbonyl (C=O) groups excluding carboxylic acids is 1. The van der Waals surface area contributed by atoms with Gasteiger partial charge in [-0.15, -0.1) is 0 Å². The lowest BCUT2D eigenvalue weighted by atomic mass is 10.1. The summed E-state index contributed by atoms with van der Waals surface area (Å²) in [6, 6.07) is 3.97. The van der Waals surface area contributed by atoms with Gasteiger partial charge in [0.25, 0.3) is 5.91 Å². The standard InChI is InChI=1S/C15H16FNO2/c16-13-7-6-12(3-1-2-8-18)14(9-13)15(19)17-10-11-4-5-11/h6-7,9,11,18H,2,4-5,8,10H2,(H,17,19). The van der Waals surface area contributed by atoms with Crippen molar-refractivity contribution in [3.05, 3.63) is 35.1 Å². The van der Waals surface area contributed by atoms with Gasteiger partial charge in [0.2, 0.25) is 0 Å². The van der Waals surface area contributed by atoms with Crippen LogP contribution >= 0.6 is 0 Å². The van der Waals surface area contributed by atoms with Gasteiger partial charge < -0.3 is 10.4 Å². The molecule has 0 spiro atoms. The van der Waals surface area contributed by atoms with E-state index >= 15 is 0 Å². The molecule has 0 bridgehead atoms. The minimum absolute atomic E-state index is 0.0304. The van der Waals surface area contributed by atoms with Crippen LogP contribution in [0, 0.1) is 23.6 Å². The smallest absolute Gasteiger partial charge is 0.252 e. The van der Waals surface area contributed by atoms with Crippen molar-refractivity contribution in [3.8, 4) is 11.8 Å². The zero-order chi connectivity index (χ0) is 13.7. The van der Waals surface area contributed by atoms with E-state index in [0.29, 0.717) is 24.4 Å². The van der Waals surface area contributed by atoms with E-state index in [9.17, 15) is 9.18 Å². The topological polar surface area (TPSA) is 49.3 Å². The predicted molar refractivity (Wildman–Crippen MR) is 70.0 cm³/mol. The van der Waals surface area contributed by atoms with Crippen molar-refractivity contribution in [2.24, 2.45) is 5.92 Å². The molecule has 0 aliphatic heterocycles. The van der Waals surface area contributed by atoms with Crippen LogP contribution in [0.15, 0.2) is 18.2 Å². The third-order valence-electron chi connectivity index (χ3n) is 2.93. The lowest BCUT2D eigenvalue weighted by Crippen LogP contribution is -2.26. The van der Waals surface area contributed by atoms with Crippen LogP contribution in [0.2, 0.25) is 0 Å². The summed E-state index contributed by atoms with van der Waals surface area (Å²) in [6.45, 7) is 0.607. The number of halogens is 1. The number of aliphatic hydroxyl groups is 1. The van der Waals surface area contributed by atoms with Crippen molar-refractivity contribution < 1.29 is 14.3 Å². The number of rotatable bonds is 4. The van der Waals surface area contributed by atoms with Gasteiger partial charge in [0.1, 0.15) is 5.82 Å². The molecule has 1 fully saturated rings. The summed E-state index contributed by atoms with van der Waals surface area (Å²) in [4.78, 5) is 12.0. The second-order valence-electron chi connectivity index (χ2n) is 4.62. The quantitative estimate of drug-likeness (QED) is 0.810. The SMILES string of the molecule is O=C(NCC1CC1)c1cc(F)ccc1C#CCCO. The van der Waals surface area contributed by atoms with E-state index in [4.69, 9.17) is 5.11 Å². The maximum Gasteiger partial charge on any atom is 0.252 e. The Bertz CT molecular complexity index is 527. The second-order valence-corrected chi connectivity index (χ2v) is 4.62. The van der Waals surface area contributed by atoms with E-state index in [1.165, 1.54) is 18.2 Å². The van der Waals surface area contributed by atoms with Crippen LogP contribution in [-0.4, -0.2) is 24.2 Å². The molecule has 0 heterocycles. The number of hydrogen-bond donors (Lipinski definition) is 2. The van der Waals surface area contributed by atoms with Gasteiger partial charge in [-0.25, -0.2) is 4.39 Å². The Morgan fingerprint density at radius 3 is 2.95 bits per heavy atom. The van der Waals surface area contributed by atoms with Gasteiger partial charge in [-0.1, -0.05) is 11.8 Å². The molecule has 1 aliphatic carbocycles. The maximum absolute atomic E-state index is 13.2. The summed E-state index contributed by atoms with van der Waals surface area (Å²) in [7, 11) is 0. The number of benzene rings is 1. The molecule has 0 radical (unpaired) electrons. The van der Waals surface area contributed by atoms with Gasteiger partial charge >= 0.3 is 0 Å². The van der Waals surface area contributed by atoms with E-state index in [-0.39, 0.29) is 18.1 Å². The summed E-state index contributed by atoms with van der Waals surface area (Å²) in [5.41, 5.74) is 0.745. The first-order valence-corrected chi connectivity index (χ1v) is 6.38. The molecule has 1 aliphatic rings. The number of amides is 1.